The molecule has 0 radical (unpaired) electrons. The number of nitrogens with two attached hydrogens (primary N) is 1. The SMILES string of the molecule is Nc1ncccc1P(=O)(O)O. The molecule has 0 aromatic carbocycles. The Balaban J connectivity index is 3.25. The largest absolute Gasteiger partial charge is 0.383 e. The van der Waals surface area contributed by atoms with Gasteiger partial charge < -0.3 is 15.5 Å². The second-order valence-electron chi connectivity index (χ2n) is 1.95. The lowest BCUT2D eigenvalue weighted by Gasteiger charge is -2.04. The zero-order valence-corrected chi connectivity index (χ0v) is 6.40. The molecule has 0 amide bonds. The molecule has 0 saturated heterocycles. The Kier molecular flexibility index (Phi) is 1.95. The predicted molar refractivity (Wildman–Crippen MR) is 40.3 cm³/mol. The zero-order chi connectivity index (χ0) is 8.48. The molecule has 1 aromatic rings. The Labute approximate surface area is 63.0 Å². The lowest BCUT2D eigenvalue weighted by Crippen LogP contribution is -2.11. The van der Waals surface area contributed by atoms with Crippen molar-refractivity contribution in [1.82, 2.24) is 4.98 Å². The van der Waals surface area contributed by atoms with Crippen LogP contribution in [0.1, 0.15) is 0 Å². The molecule has 5 nitrogen and oxygen atoms in total. The minimum Gasteiger partial charge on any atom is -0.383 e. The number of nitrogen functional groups attached to an aromatic ring is 1. The van der Waals surface area contributed by atoms with Crippen LogP contribution in [0.4, 0.5) is 5.82 Å². The summed E-state index contributed by atoms with van der Waals surface area (Å²) in [6.45, 7) is 0. The van der Waals surface area contributed by atoms with Crippen molar-refractivity contribution in [1.29, 1.82) is 0 Å². The Hall–Kier alpha value is -0.900. The lowest BCUT2D eigenvalue weighted by molar-refractivity contribution is 0.387. The minimum absolute atomic E-state index is 0.124. The second-order valence-corrected chi connectivity index (χ2v) is 3.52. The van der Waals surface area contributed by atoms with E-state index in [0.29, 0.717) is 0 Å². The summed E-state index contributed by atoms with van der Waals surface area (Å²) in [6.07, 6.45) is 1.37. The number of anilines is 1. The van der Waals surface area contributed by atoms with Crippen LogP contribution in [0.3, 0.4) is 0 Å². The van der Waals surface area contributed by atoms with Crippen molar-refractivity contribution < 1.29 is 14.4 Å². The summed E-state index contributed by atoms with van der Waals surface area (Å²) in [5.41, 5.74) is 5.20. The first-order chi connectivity index (χ1) is 5.02. The first kappa shape index (κ1) is 8.20. The molecule has 11 heavy (non-hydrogen) atoms. The van der Waals surface area contributed by atoms with Crippen LogP contribution in [-0.2, 0) is 4.57 Å². The molecule has 0 bridgehead atoms. The Morgan fingerprint density at radius 1 is 1.55 bits per heavy atom. The minimum atomic E-state index is -4.24. The highest BCUT2D eigenvalue weighted by atomic mass is 31.2. The van der Waals surface area contributed by atoms with E-state index in [4.69, 9.17) is 15.5 Å². The number of pyridine rings is 1. The van der Waals surface area contributed by atoms with Crippen molar-refractivity contribution >= 4 is 18.7 Å². The van der Waals surface area contributed by atoms with Gasteiger partial charge in [0.2, 0.25) is 0 Å². The summed E-state index contributed by atoms with van der Waals surface area (Å²) < 4.78 is 10.6. The first-order valence-corrected chi connectivity index (χ1v) is 4.39. The van der Waals surface area contributed by atoms with E-state index in [2.05, 4.69) is 4.98 Å². The number of aromatic nitrogens is 1. The Bertz CT molecular complexity index is 308. The van der Waals surface area contributed by atoms with Crippen molar-refractivity contribution in [3.8, 4) is 0 Å². The number of nitrogens with zero attached hydrogens (tertiary/aromatic N) is 1. The van der Waals surface area contributed by atoms with E-state index in [1.807, 2.05) is 0 Å². The van der Waals surface area contributed by atoms with Gasteiger partial charge in [-0.15, -0.1) is 0 Å². The molecule has 0 aliphatic rings. The molecular formula is C5H7N2O3P. The van der Waals surface area contributed by atoms with Crippen LogP contribution >= 0.6 is 7.60 Å². The van der Waals surface area contributed by atoms with Gasteiger partial charge in [-0.3, -0.25) is 4.57 Å². The third-order valence-electron chi connectivity index (χ3n) is 1.13. The van der Waals surface area contributed by atoms with Crippen molar-refractivity contribution in [2.45, 2.75) is 0 Å². The molecule has 0 spiro atoms. The van der Waals surface area contributed by atoms with Gasteiger partial charge in [0.1, 0.15) is 11.1 Å². The molecule has 1 aromatic heterocycles. The molecule has 0 aliphatic heterocycles. The van der Waals surface area contributed by atoms with Gasteiger partial charge in [-0.2, -0.15) is 0 Å². The zero-order valence-electron chi connectivity index (χ0n) is 5.51. The molecule has 1 heterocycles. The summed E-state index contributed by atoms with van der Waals surface area (Å²) in [4.78, 5) is 20.9. The number of hydrogen-bond acceptors (Lipinski definition) is 3. The molecule has 0 aliphatic carbocycles. The lowest BCUT2D eigenvalue weighted by atomic mass is 10.5. The van der Waals surface area contributed by atoms with Crippen LogP contribution in [0.5, 0.6) is 0 Å². The quantitative estimate of drug-likeness (QED) is 0.497. The highest BCUT2D eigenvalue weighted by molar-refractivity contribution is 7.60. The molecule has 4 N–H and O–H groups in total. The van der Waals surface area contributed by atoms with Gasteiger partial charge in [0.05, 0.1) is 0 Å². The van der Waals surface area contributed by atoms with E-state index in [1.165, 1.54) is 18.3 Å². The smallest absolute Gasteiger partial charge is 0.359 e. The second kappa shape index (κ2) is 2.62. The van der Waals surface area contributed by atoms with Crippen LogP contribution in [0, 0.1) is 0 Å². The number of hydrogen-bond donors (Lipinski definition) is 3. The normalized spacial score (nSPS) is 11.5. The van der Waals surface area contributed by atoms with E-state index in [1.54, 1.807) is 0 Å². The fourth-order valence-corrected chi connectivity index (χ4v) is 1.29. The highest BCUT2D eigenvalue weighted by Crippen LogP contribution is 2.34. The summed E-state index contributed by atoms with van der Waals surface area (Å²) in [5, 5.41) is -0.222. The Morgan fingerprint density at radius 2 is 2.18 bits per heavy atom. The van der Waals surface area contributed by atoms with Gasteiger partial charge >= 0.3 is 7.60 Å². The average Bonchev–Trinajstić information content (AvgIpc) is 1.86. The van der Waals surface area contributed by atoms with Gasteiger partial charge in [0.15, 0.2) is 0 Å². The van der Waals surface area contributed by atoms with E-state index < -0.39 is 7.60 Å². The van der Waals surface area contributed by atoms with Crippen molar-refractivity contribution in [3.05, 3.63) is 18.3 Å². The average molecular weight is 174 g/mol. The third-order valence-corrected chi connectivity index (χ3v) is 2.14. The maximum Gasteiger partial charge on any atom is 0.359 e. The molecule has 0 atom stereocenters. The topological polar surface area (TPSA) is 96.4 Å². The van der Waals surface area contributed by atoms with Crippen LogP contribution in [0.25, 0.3) is 0 Å². The fraction of sp³-hybridized carbons (Fsp3) is 0. The van der Waals surface area contributed by atoms with Crippen molar-refractivity contribution in [3.63, 3.8) is 0 Å². The first-order valence-electron chi connectivity index (χ1n) is 2.78. The van der Waals surface area contributed by atoms with Crippen LogP contribution in [0.2, 0.25) is 0 Å². The van der Waals surface area contributed by atoms with Crippen molar-refractivity contribution in [2.24, 2.45) is 0 Å². The molecule has 60 valence electrons. The van der Waals surface area contributed by atoms with Gasteiger partial charge in [0, 0.05) is 6.20 Å². The van der Waals surface area contributed by atoms with E-state index in [-0.39, 0.29) is 11.1 Å². The predicted octanol–water partition coefficient (Wildman–Crippen LogP) is -0.533. The standard InChI is InChI=1S/C5H7N2O3P/c6-5-4(11(8,9)10)2-1-3-7-5/h1-3H,(H2,6,7)(H2,8,9,10). The third kappa shape index (κ3) is 1.77. The van der Waals surface area contributed by atoms with Gasteiger partial charge in [-0.25, -0.2) is 4.98 Å². The molecule has 0 unspecified atom stereocenters. The Morgan fingerprint density at radius 3 is 2.55 bits per heavy atom. The molecular weight excluding hydrogens is 167 g/mol. The molecule has 1 rings (SSSR count). The molecule has 0 saturated carbocycles. The van der Waals surface area contributed by atoms with Crippen LogP contribution in [-0.4, -0.2) is 14.8 Å². The van der Waals surface area contributed by atoms with Crippen LogP contribution < -0.4 is 11.0 Å². The van der Waals surface area contributed by atoms with E-state index in [0.717, 1.165) is 0 Å². The van der Waals surface area contributed by atoms with Gasteiger partial charge in [0.25, 0.3) is 0 Å². The summed E-state index contributed by atoms with van der Waals surface area (Å²) >= 11 is 0. The van der Waals surface area contributed by atoms with Gasteiger partial charge in [-0.1, -0.05) is 0 Å². The fourth-order valence-electron chi connectivity index (χ4n) is 0.655. The maximum atomic E-state index is 10.6. The van der Waals surface area contributed by atoms with E-state index in [9.17, 15) is 4.57 Å². The maximum absolute atomic E-state index is 10.6. The summed E-state index contributed by atoms with van der Waals surface area (Å²) in [5.74, 6) is -0.124. The summed E-state index contributed by atoms with van der Waals surface area (Å²) in [6, 6.07) is 2.67. The van der Waals surface area contributed by atoms with Gasteiger partial charge in [-0.05, 0) is 12.1 Å². The highest BCUT2D eigenvalue weighted by Gasteiger charge is 2.20. The van der Waals surface area contributed by atoms with Crippen molar-refractivity contribution in [2.75, 3.05) is 5.73 Å². The molecule has 0 fully saturated rings. The number of rotatable bonds is 1. The van der Waals surface area contributed by atoms with E-state index >= 15 is 0 Å². The monoisotopic (exact) mass is 174 g/mol. The molecule has 6 heteroatoms. The summed E-state index contributed by atoms with van der Waals surface area (Å²) in [7, 11) is -4.24. The van der Waals surface area contributed by atoms with Crippen LogP contribution in [0.15, 0.2) is 18.3 Å².